The highest BCUT2D eigenvalue weighted by molar-refractivity contribution is 7.19. The Morgan fingerprint density at radius 1 is 1.10 bits per heavy atom. The number of nitrogens with zero attached hydrogens (tertiary/aromatic N) is 3. The maximum Gasteiger partial charge on any atom is 0.141 e. The molecule has 1 N–H and O–H groups in total. The molecule has 5 heteroatoms. The van der Waals surface area contributed by atoms with Gasteiger partial charge >= 0.3 is 0 Å². The second kappa shape index (κ2) is 5.54. The summed E-state index contributed by atoms with van der Waals surface area (Å²) in [6.07, 6.45) is 8.13. The number of anilines is 1. The van der Waals surface area contributed by atoms with E-state index >= 15 is 0 Å². The molecule has 4 rings (SSSR count). The number of fused-ring (bicyclic) bond motifs is 3. The second-order valence-corrected chi connectivity index (χ2v) is 7.47. The molecule has 2 aromatic rings. The number of quaternary nitrogens is 1. The number of rotatable bonds is 1. The van der Waals surface area contributed by atoms with E-state index in [1.54, 1.807) is 21.7 Å². The van der Waals surface area contributed by atoms with Crippen molar-refractivity contribution < 1.29 is 4.90 Å². The summed E-state index contributed by atoms with van der Waals surface area (Å²) in [6.45, 7) is 4.72. The number of hydrogen-bond acceptors (Lipinski definition) is 4. The van der Waals surface area contributed by atoms with Gasteiger partial charge in [0.05, 0.1) is 32.1 Å². The summed E-state index contributed by atoms with van der Waals surface area (Å²) >= 11 is 1.90. The van der Waals surface area contributed by atoms with Gasteiger partial charge in [0.1, 0.15) is 17.0 Å². The van der Waals surface area contributed by atoms with E-state index in [0.717, 1.165) is 13.1 Å². The molecule has 3 heterocycles. The molecule has 0 radical (unpaired) electrons. The predicted octanol–water partition coefficient (Wildman–Crippen LogP) is 1.29. The van der Waals surface area contributed by atoms with Crippen molar-refractivity contribution in [3.05, 3.63) is 16.8 Å². The average molecular weight is 303 g/mol. The van der Waals surface area contributed by atoms with Crippen LogP contribution in [0.15, 0.2) is 6.33 Å². The summed E-state index contributed by atoms with van der Waals surface area (Å²) in [5.74, 6) is 1.20. The Morgan fingerprint density at radius 3 is 2.95 bits per heavy atom. The number of nitrogens with one attached hydrogen (secondary N) is 1. The third-order valence-electron chi connectivity index (χ3n) is 4.87. The number of likely N-dealkylation sites (N-methyl/N-ethyl adjacent to an activating group) is 1. The van der Waals surface area contributed by atoms with Crippen LogP contribution in [-0.4, -0.2) is 43.2 Å². The van der Waals surface area contributed by atoms with Gasteiger partial charge in [0, 0.05) is 17.8 Å². The van der Waals surface area contributed by atoms with Crippen molar-refractivity contribution in [3.8, 4) is 0 Å². The molecule has 4 nitrogen and oxygen atoms in total. The van der Waals surface area contributed by atoms with Gasteiger partial charge in [0.25, 0.3) is 0 Å². The van der Waals surface area contributed by atoms with E-state index in [1.807, 2.05) is 11.3 Å². The van der Waals surface area contributed by atoms with Crippen LogP contribution in [0.4, 0.5) is 5.82 Å². The van der Waals surface area contributed by atoms with Crippen LogP contribution in [0.2, 0.25) is 0 Å². The lowest BCUT2D eigenvalue weighted by atomic mass is 9.97. The van der Waals surface area contributed by atoms with Crippen LogP contribution in [0.3, 0.4) is 0 Å². The molecule has 112 valence electrons. The van der Waals surface area contributed by atoms with Gasteiger partial charge < -0.3 is 9.80 Å². The van der Waals surface area contributed by atoms with E-state index in [1.165, 1.54) is 61.2 Å². The minimum absolute atomic E-state index is 1.11. The van der Waals surface area contributed by atoms with E-state index in [2.05, 4.69) is 21.9 Å². The van der Waals surface area contributed by atoms with E-state index < -0.39 is 0 Å². The maximum atomic E-state index is 4.69. The summed E-state index contributed by atoms with van der Waals surface area (Å²) in [5, 5.41) is 1.37. The molecular weight excluding hydrogens is 280 g/mol. The Morgan fingerprint density at radius 2 is 2.00 bits per heavy atom. The first kappa shape index (κ1) is 13.5. The van der Waals surface area contributed by atoms with Crippen molar-refractivity contribution in [2.75, 3.05) is 38.1 Å². The molecule has 1 aliphatic heterocycles. The molecule has 1 atom stereocenters. The Balaban J connectivity index is 1.79. The average Bonchev–Trinajstić information content (AvgIpc) is 2.75. The van der Waals surface area contributed by atoms with Crippen molar-refractivity contribution in [3.63, 3.8) is 0 Å². The van der Waals surface area contributed by atoms with Gasteiger partial charge in [-0.05, 0) is 31.2 Å². The van der Waals surface area contributed by atoms with E-state index in [4.69, 9.17) is 0 Å². The van der Waals surface area contributed by atoms with Crippen molar-refractivity contribution in [2.24, 2.45) is 0 Å². The molecule has 1 unspecified atom stereocenters. The van der Waals surface area contributed by atoms with Gasteiger partial charge in [0.15, 0.2) is 0 Å². The van der Waals surface area contributed by atoms with Gasteiger partial charge in [-0.3, -0.25) is 0 Å². The van der Waals surface area contributed by atoms with Gasteiger partial charge in [0.2, 0.25) is 0 Å². The summed E-state index contributed by atoms with van der Waals surface area (Å²) in [4.78, 5) is 16.2. The SMILES string of the molecule is C[NH+]1CCCN(c2ncnc3sc4c(c23)CCCC4)CC1. The molecule has 1 fully saturated rings. The normalized spacial score (nSPS) is 23.1. The predicted molar refractivity (Wildman–Crippen MR) is 87.5 cm³/mol. The molecule has 2 aromatic heterocycles. The molecule has 21 heavy (non-hydrogen) atoms. The Hall–Kier alpha value is -1.20. The van der Waals surface area contributed by atoms with Crippen LogP contribution in [0, 0.1) is 0 Å². The van der Waals surface area contributed by atoms with Crippen LogP contribution in [0.5, 0.6) is 0 Å². The third kappa shape index (κ3) is 2.42. The molecule has 0 spiro atoms. The van der Waals surface area contributed by atoms with E-state index in [9.17, 15) is 0 Å². The summed E-state index contributed by atoms with van der Waals surface area (Å²) < 4.78 is 0. The van der Waals surface area contributed by atoms with Gasteiger partial charge in [-0.15, -0.1) is 11.3 Å². The van der Waals surface area contributed by atoms with E-state index in [-0.39, 0.29) is 0 Å². The highest BCUT2D eigenvalue weighted by atomic mass is 32.1. The fraction of sp³-hybridized carbons (Fsp3) is 0.625. The summed E-state index contributed by atoms with van der Waals surface area (Å²) in [6, 6.07) is 0. The molecule has 1 saturated heterocycles. The standard InChI is InChI=1S/C16H22N4S/c1-19-7-4-8-20(10-9-19)15-14-12-5-2-3-6-13(12)21-16(14)18-11-17-15/h11H,2-10H2,1H3/p+1. The smallest absolute Gasteiger partial charge is 0.141 e. The Labute approximate surface area is 129 Å². The Bertz CT molecular complexity index is 651. The quantitative estimate of drug-likeness (QED) is 0.862. The first-order chi connectivity index (χ1) is 10.3. The lowest BCUT2D eigenvalue weighted by Gasteiger charge is -2.22. The minimum atomic E-state index is 1.11. The maximum absolute atomic E-state index is 4.69. The molecule has 0 bridgehead atoms. The highest BCUT2D eigenvalue weighted by Gasteiger charge is 2.24. The molecule has 0 saturated carbocycles. The molecule has 0 aromatic carbocycles. The molecule has 0 amide bonds. The summed E-state index contributed by atoms with van der Waals surface area (Å²) in [7, 11) is 2.30. The number of hydrogen-bond donors (Lipinski definition) is 1. The summed E-state index contributed by atoms with van der Waals surface area (Å²) in [5.41, 5.74) is 1.56. The van der Waals surface area contributed by atoms with Crippen LogP contribution in [0.1, 0.15) is 29.7 Å². The first-order valence-corrected chi connectivity index (χ1v) is 8.96. The monoisotopic (exact) mass is 303 g/mol. The zero-order valence-corrected chi connectivity index (χ0v) is 13.5. The third-order valence-corrected chi connectivity index (χ3v) is 6.07. The van der Waals surface area contributed by atoms with Crippen LogP contribution in [-0.2, 0) is 12.8 Å². The van der Waals surface area contributed by atoms with Crippen molar-refractivity contribution >= 4 is 27.4 Å². The van der Waals surface area contributed by atoms with Crippen molar-refractivity contribution in [1.82, 2.24) is 9.97 Å². The lowest BCUT2D eigenvalue weighted by molar-refractivity contribution is -0.876. The lowest BCUT2D eigenvalue weighted by Crippen LogP contribution is -3.09. The zero-order chi connectivity index (χ0) is 14.2. The fourth-order valence-corrected chi connectivity index (χ4v) is 4.88. The topological polar surface area (TPSA) is 33.5 Å². The van der Waals surface area contributed by atoms with Crippen LogP contribution < -0.4 is 9.80 Å². The van der Waals surface area contributed by atoms with Crippen molar-refractivity contribution in [1.29, 1.82) is 0 Å². The molecule has 2 aliphatic rings. The number of thiophene rings is 1. The number of aryl methyl sites for hydroxylation is 2. The van der Waals surface area contributed by atoms with Crippen LogP contribution in [0.25, 0.3) is 10.2 Å². The van der Waals surface area contributed by atoms with Crippen LogP contribution >= 0.6 is 11.3 Å². The van der Waals surface area contributed by atoms with Gasteiger partial charge in [-0.1, -0.05) is 0 Å². The molecular formula is C16H23N4S+. The van der Waals surface area contributed by atoms with Gasteiger partial charge in [-0.2, -0.15) is 0 Å². The fourth-order valence-electron chi connectivity index (χ4n) is 3.66. The van der Waals surface area contributed by atoms with E-state index in [0.29, 0.717) is 0 Å². The first-order valence-electron chi connectivity index (χ1n) is 8.14. The zero-order valence-electron chi connectivity index (χ0n) is 12.7. The minimum Gasteiger partial charge on any atom is -0.350 e. The largest absolute Gasteiger partial charge is 0.350 e. The molecule has 1 aliphatic carbocycles. The Kier molecular flexibility index (Phi) is 3.55. The highest BCUT2D eigenvalue weighted by Crippen LogP contribution is 2.39. The second-order valence-electron chi connectivity index (χ2n) is 6.39. The van der Waals surface area contributed by atoms with Gasteiger partial charge in [-0.25, -0.2) is 9.97 Å². The van der Waals surface area contributed by atoms with Crippen molar-refractivity contribution in [2.45, 2.75) is 32.1 Å². The number of aromatic nitrogens is 2.